The van der Waals surface area contributed by atoms with Crippen LogP contribution < -0.4 is 9.47 Å². The molecule has 3 rings (SSSR count). The fraction of sp³-hybridized carbons (Fsp3) is 0.182. The van der Waals surface area contributed by atoms with Crippen molar-refractivity contribution in [2.24, 2.45) is 0 Å². The zero-order valence-corrected chi connectivity index (χ0v) is 8.57. The molecule has 0 atom stereocenters. The van der Waals surface area contributed by atoms with E-state index < -0.39 is 0 Å². The summed E-state index contributed by atoms with van der Waals surface area (Å²) < 4.78 is 15.2. The molecule has 82 valence electrons. The zero-order valence-electron chi connectivity index (χ0n) is 8.57. The predicted octanol–water partition coefficient (Wildman–Crippen LogP) is 1.68. The van der Waals surface area contributed by atoms with Gasteiger partial charge >= 0.3 is 5.97 Å². The average Bonchev–Trinajstić information content (AvgIpc) is 2.90. The summed E-state index contributed by atoms with van der Waals surface area (Å²) in [4.78, 5) is 14.5. The highest BCUT2D eigenvalue weighted by atomic mass is 16.7. The number of hydrogen-bond donors (Lipinski definition) is 1. The molecule has 1 aliphatic heterocycles. The van der Waals surface area contributed by atoms with E-state index in [1.807, 2.05) is 6.07 Å². The molecule has 0 bridgehead atoms. The van der Waals surface area contributed by atoms with Crippen LogP contribution in [0.2, 0.25) is 0 Å². The van der Waals surface area contributed by atoms with Crippen molar-refractivity contribution in [1.29, 1.82) is 0 Å². The van der Waals surface area contributed by atoms with Crippen LogP contribution >= 0.6 is 0 Å². The normalized spacial score (nSPS) is 13.1. The van der Waals surface area contributed by atoms with Crippen LogP contribution in [0.3, 0.4) is 0 Å². The number of fused-ring (bicyclic) bond motifs is 2. The third kappa shape index (κ3) is 1.14. The van der Waals surface area contributed by atoms with Gasteiger partial charge in [0.1, 0.15) is 0 Å². The summed E-state index contributed by atoms with van der Waals surface area (Å²) in [6, 6.07) is 3.59. The molecule has 1 N–H and O–H groups in total. The van der Waals surface area contributed by atoms with E-state index >= 15 is 0 Å². The van der Waals surface area contributed by atoms with E-state index in [9.17, 15) is 4.79 Å². The lowest BCUT2D eigenvalue weighted by Crippen LogP contribution is -1.99. The molecule has 0 aliphatic carbocycles. The Bertz CT molecular complexity index is 573. The molecule has 16 heavy (non-hydrogen) atoms. The molecule has 0 spiro atoms. The van der Waals surface area contributed by atoms with Crippen LogP contribution in [0.5, 0.6) is 11.5 Å². The zero-order chi connectivity index (χ0) is 11.1. The van der Waals surface area contributed by atoms with E-state index in [-0.39, 0.29) is 12.8 Å². The fourth-order valence-electron chi connectivity index (χ4n) is 1.79. The molecule has 0 unspecified atom stereocenters. The Hall–Kier alpha value is -2.17. The van der Waals surface area contributed by atoms with Crippen molar-refractivity contribution in [3.05, 3.63) is 23.9 Å². The predicted molar refractivity (Wildman–Crippen MR) is 55.8 cm³/mol. The first-order valence-corrected chi connectivity index (χ1v) is 4.78. The van der Waals surface area contributed by atoms with Crippen LogP contribution in [0.25, 0.3) is 10.9 Å². The number of aromatic nitrogens is 1. The van der Waals surface area contributed by atoms with Crippen LogP contribution in [0.4, 0.5) is 0 Å². The van der Waals surface area contributed by atoms with Crippen molar-refractivity contribution in [3.8, 4) is 11.5 Å². The van der Waals surface area contributed by atoms with Crippen molar-refractivity contribution in [2.75, 3.05) is 13.9 Å². The number of aromatic amines is 1. The van der Waals surface area contributed by atoms with Gasteiger partial charge in [0.15, 0.2) is 11.5 Å². The molecule has 2 heterocycles. The quantitative estimate of drug-likeness (QED) is 0.741. The summed E-state index contributed by atoms with van der Waals surface area (Å²) in [6.45, 7) is 0.218. The molecular formula is C11H9NO4. The standard InChI is InChI=1S/C11H9NO4/c1-14-11(13)7-4-12-8-3-10-9(2-6(7)8)15-5-16-10/h2-4,12H,5H2,1H3. The van der Waals surface area contributed by atoms with Gasteiger partial charge in [0, 0.05) is 17.6 Å². The first-order chi connectivity index (χ1) is 7.79. The van der Waals surface area contributed by atoms with E-state index in [2.05, 4.69) is 4.98 Å². The maximum absolute atomic E-state index is 11.5. The molecule has 2 aromatic rings. The third-order valence-electron chi connectivity index (χ3n) is 2.58. The molecule has 0 radical (unpaired) electrons. The van der Waals surface area contributed by atoms with Gasteiger partial charge in [-0.1, -0.05) is 0 Å². The van der Waals surface area contributed by atoms with Gasteiger partial charge in [-0.15, -0.1) is 0 Å². The number of methoxy groups -OCH3 is 1. The maximum atomic E-state index is 11.5. The Kier molecular flexibility index (Phi) is 1.80. The number of ether oxygens (including phenoxy) is 3. The highest BCUT2D eigenvalue weighted by Crippen LogP contribution is 2.36. The lowest BCUT2D eigenvalue weighted by molar-refractivity contribution is 0.0603. The lowest BCUT2D eigenvalue weighted by atomic mass is 10.1. The van der Waals surface area contributed by atoms with Gasteiger partial charge in [0.25, 0.3) is 0 Å². The molecular weight excluding hydrogens is 210 g/mol. The molecule has 1 aromatic heterocycles. The molecule has 0 saturated heterocycles. The Morgan fingerprint density at radius 1 is 1.38 bits per heavy atom. The minimum atomic E-state index is -0.370. The topological polar surface area (TPSA) is 60.6 Å². The summed E-state index contributed by atoms with van der Waals surface area (Å²) in [7, 11) is 1.36. The molecule has 1 aromatic carbocycles. The van der Waals surface area contributed by atoms with Crippen LogP contribution in [0, 0.1) is 0 Å². The number of H-pyrrole nitrogens is 1. The van der Waals surface area contributed by atoms with Gasteiger partial charge in [0.05, 0.1) is 18.2 Å². The van der Waals surface area contributed by atoms with Crippen molar-refractivity contribution in [3.63, 3.8) is 0 Å². The second-order valence-corrected chi connectivity index (χ2v) is 3.44. The van der Waals surface area contributed by atoms with E-state index in [1.165, 1.54) is 7.11 Å². The third-order valence-corrected chi connectivity index (χ3v) is 2.58. The van der Waals surface area contributed by atoms with E-state index in [4.69, 9.17) is 14.2 Å². The number of hydrogen-bond acceptors (Lipinski definition) is 4. The van der Waals surface area contributed by atoms with Gasteiger partial charge in [-0.3, -0.25) is 0 Å². The van der Waals surface area contributed by atoms with Crippen molar-refractivity contribution in [1.82, 2.24) is 4.98 Å². The Morgan fingerprint density at radius 2 is 2.12 bits per heavy atom. The smallest absolute Gasteiger partial charge is 0.340 e. The summed E-state index contributed by atoms with van der Waals surface area (Å²) in [5.41, 5.74) is 1.32. The van der Waals surface area contributed by atoms with Crippen molar-refractivity contribution in [2.45, 2.75) is 0 Å². The fourth-order valence-corrected chi connectivity index (χ4v) is 1.79. The Morgan fingerprint density at radius 3 is 2.88 bits per heavy atom. The second kappa shape index (κ2) is 3.16. The molecule has 0 fully saturated rings. The number of nitrogens with one attached hydrogen (secondary N) is 1. The number of carbonyl (C=O) groups excluding carboxylic acids is 1. The van der Waals surface area contributed by atoms with Crippen LogP contribution in [0.15, 0.2) is 18.3 Å². The van der Waals surface area contributed by atoms with Gasteiger partial charge in [0.2, 0.25) is 6.79 Å². The number of carbonyl (C=O) groups is 1. The van der Waals surface area contributed by atoms with Gasteiger partial charge in [-0.2, -0.15) is 0 Å². The largest absolute Gasteiger partial charge is 0.465 e. The van der Waals surface area contributed by atoms with Crippen LogP contribution in [-0.2, 0) is 4.74 Å². The van der Waals surface area contributed by atoms with Gasteiger partial charge in [-0.05, 0) is 6.07 Å². The minimum absolute atomic E-state index is 0.218. The highest BCUT2D eigenvalue weighted by molar-refractivity contribution is 6.04. The minimum Gasteiger partial charge on any atom is -0.465 e. The maximum Gasteiger partial charge on any atom is 0.340 e. The van der Waals surface area contributed by atoms with Crippen LogP contribution in [-0.4, -0.2) is 24.9 Å². The molecule has 5 nitrogen and oxygen atoms in total. The number of rotatable bonds is 1. The van der Waals surface area contributed by atoms with Crippen molar-refractivity contribution >= 4 is 16.9 Å². The Balaban J connectivity index is 2.23. The summed E-state index contributed by atoms with van der Waals surface area (Å²) in [6.07, 6.45) is 1.62. The number of benzene rings is 1. The summed E-state index contributed by atoms with van der Waals surface area (Å²) in [5.74, 6) is 0.966. The van der Waals surface area contributed by atoms with Crippen LogP contribution in [0.1, 0.15) is 10.4 Å². The van der Waals surface area contributed by atoms with E-state index in [0.29, 0.717) is 17.1 Å². The number of esters is 1. The monoisotopic (exact) mass is 219 g/mol. The Labute approximate surface area is 90.9 Å². The molecule has 1 aliphatic rings. The molecule has 0 amide bonds. The van der Waals surface area contributed by atoms with Gasteiger partial charge < -0.3 is 19.2 Å². The van der Waals surface area contributed by atoms with Crippen molar-refractivity contribution < 1.29 is 19.0 Å². The van der Waals surface area contributed by atoms with E-state index in [0.717, 1.165) is 10.9 Å². The average molecular weight is 219 g/mol. The summed E-state index contributed by atoms with van der Waals surface area (Å²) >= 11 is 0. The first kappa shape index (κ1) is 9.08. The highest BCUT2D eigenvalue weighted by Gasteiger charge is 2.19. The lowest BCUT2D eigenvalue weighted by Gasteiger charge is -1.98. The first-order valence-electron chi connectivity index (χ1n) is 4.78. The van der Waals surface area contributed by atoms with Gasteiger partial charge in [-0.25, -0.2) is 4.79 Å². The van der Waals surface area contributed by atoms with E-state index in [1.54, 1.807) is 12.3 Å². The molecule has 5 heteroatoms. The SMILES string of the molecule is COC(=O)c1c[nH]c2cc3c(cc12)OCO3. The second-order valence-electron chi connectivity index (χ2n) is 3.44. The summed E-state index contributed by atoms with van der Waals surface area (Å²) in [5, 5.41) is 0.774. The molecule has 0 saturated carbocycles.